The van der Waals surface area contributed by atoms with Crippen LogP contribution in [-0.2, 0) is 32.5 Å². The van der Waals surface area contributed by atoms with E-state index in [0.717, 1.165) is 31.9 Å². The molecule has 1 fully saturated rings. The quantitative estimate of drug-likeness (QED) is 0.383. The maximum Gasteiger partial charge on any atom is 0.328 e. The number of sulfonamides is 1. The summed E-state index contributed by atoms with van der Waals surface area (Å²) in [4.78, 5) is 45.6. The van der Waals surface area contributed by atoms with Crippen LogP contribution >= 0.6 is 0 Å². The molecule has 0 radical (unpaired) electrons. The lowest BCUT2D eigenvalue weighted by Crippen LogP contribution is -2.44. The van der Waals surface area contributed by atoms with Crippen LogP contribution in [0.3, 0.4) is 0 Å². The Balaban J connectivity index is 1.36. The zero-order valence-electron chi connectivity index (χ0n) is 17.7. The van der Waals surface area contributed by atoms with Gasteiger partial charge in [0.15, 0.2) is 4.90 Å². The van der Waals surface area contributed by atoms with Crippen LogP contribution in [0.15, 0.2) is 44.9 Å². The third kappa shape index (κ3) is 5.21. The zero-order valence-corrected chi connectivity index (χ0v) is 18.6. The van der Waals surface area contributed by atoms with Crippen molar-refractivity contribution in [2.24, 2.45) is 0 Å². The largest absolute Gasteiger partial charge is 0.379 e. The van der Waals surface area contributed by atoms with E-state index >= 15 is 0 Å². The molecule has 3 heterocycles. The highest BCUT2D eigenvalue weighted by Gasteiger charge is 2.29. The van der Waals surface area contributed by atoms with E-state index in [2.05, 4.69) is 15.3 Å². The van der Waals surface area contributed by atoms with Crippen LogP contribution in [0.4, 0.5) is 0 Å². The molecule has 0 unspecified atom stereocenters. The number of hydrogen-bond acceptors (Lipinski definition) is 7. The SMILES string of the molecule is O=C(CCn1cc(S(=O)(=O)N2CCOCC2)c(=O)[nH]c1=O)NCCc1nc2ccccc2[nH]1. The summed E-state index contributed by atoms with van der Waals surface area (Å²) in [6, 6.07) is 7.61. The average molecular weight is 477 g/mol. The van der Waals surface area contributed by atoms with Gasteiger partial charge < -0.3 is 15.0 Å². The molecule has 1 aromatic carbocycles. The lowest BCUT2D eigenvalue weighted by molar-refractivity contribution is -0.121. The Bertz CT molecular complexity index is 1340. The fourth-order valence-corrected chi connectivity index (χ4v) is 4.97. The molecule has 0 spiro atoms. The number of ether oxygens (including phenoxy) is 1. The summed E-state index contributed by atoms with van der Waals surface area (Å²) in [7, 11) is -4.09. The number of morpholine rings is 1. The molecule has 12 nitrogen and oxygen atoms in total. The smallest absolute Gasteiger partial charge is 0.328 e. The molecule has 13 heteroatoms. The van der Waals surface area contributed by atoms with Crippen molar-refractivity contribution in [3.63, 3.8) is 0 Å². The van der Waals surface area contributed by atoms with Gasteiger partial charge >= 0.3 is 5.69 Å². The molecule has 3 aromatic rings. The molecule has 4 rings (SSSR count). The summed E-state index contributed by atoms with van der Waals surface area (Å²) < 4.78 is 32.9. The highest BCUT2D eigenvalue weighted by molar-refractivity contribution is 7.89. The van der Waals surface area contributed by atoms with Crippen LogP contribution in [0.25, 0.3) is 11.0 Å². The first-order chi connectivity index (χ1) is 15.8. The van der Waals surface area contributed by atoms with Gasteiger partial charge in [-0.1, -0.05) is 12.1 Å². The van der Waals surface area contributed by atoms with Gasteiger partial charge in [-0.05, 0) is 12.1 Å². The van der Waals surface area contributed by atoms with Gasteiger partial charge in [0.05, 0.1) is 24.2 Å². The van der Waals surface area contributed by atoms with Gasteiger partial charge in [-0.3, -0.25) is 19.1 Å². The summed E-state index contributed by atoms with van der Waals surface area (Å²) in [5, 5.41) is 2.75. The number of aromatic amines is 2. The Kier molecular flexibility index (Phi) is 6.72. The first-order valence-corrected chi connectivity index (χ1v) is 11.9. The molecule has 1 amide bonds. The van der Waals surface area contributed by atoms with Crippen LogP contribution in [0.5, 0.6) is 0 Å². The summed E-state index contributed by atoms with van der Waals surface area (Å²) in [5.74, 6) is 0.424. The Labute approximate surface area is 188 Å². The van der Waals surface area contributed by atoms with E-state index in [1.54, 1.807) is 0 Å². The molecule has 1 aliphatic rings. The third-order valence-electron chi connectivity index (χ3n) is 5.27. The highest BCUT2D eigenvalue weighted by atomic mass is 32.2. The number of H-pyrrole nitrogens is 2. The Hall–Kier alpha value is -3.29. The number of aromatic nitrogens is 4. The summed E-state index contributed by atoms with van der Waals surface area (Å²) >= 11 is 0. The number of fused-ring (bicyclic) bond motifs is 1. The lowest BCUT2D eigenvalue weighted by atomic mass is 10.3. The molecule has 33 heavy (non-hydrogen) atoms. The molecule has 1 aliphatic heterocycles. The van der Waals surface area contributed by atoms with E-state index < -0.39 is 26.2 Å². The maximum absolute atomic E-state index is 12.8. The molecule has 2 aromatic heterocycles. The Morgan fingerprint density at radius 1 is 1.15 bits per heavy atom. The van der Waals surface area contributed by atoms with Crippen LogP contribution in [0, 0.1) is 0 Å². The number of amides is 1. The lowest BCUT2D eigenvalue weighted by Gasteiger charge is -2.25. The first kappa shape index (κ1) is 22.9. The number of hydrogen-bond donors (Lipinski definition) is 3. The fourth-order valence-electron chi connectivity index (χ4n) is 3.52. The van der Waals surface area contributed by atoms with Crippen molar-refractivity contribution in [1.82, 2.24) is 29.1 Å². The van der Waals surface area contributed by atoms with E-state index in [4.69, 9.17) is 4.74 Å². The summed E-state index contributed by atoms with van der Waals surface area (Å²) in [6.45, 7) is 0.951. The standard InChI is InChI=1S/C20H24N6O6S/c27-18(21-7-5-17-22-14-3-1-2-4-15(14)23-17)6-8-25-13-16(19(28)24-20(25)29)33(30,31)26-9-11-32-12-10-26/h1-4,13H,5-12H2,(H,21,27)(H,22,23)(H,24,28,29). The molecule has 0 saturated carbocycles. The van der Waals surface area contributed by atoms with E-state index in [-0.39, 0.29) is 45.2 Å². The van der Waals surface area contributed by atoms with Gasteiger partial charge in [-0.15, -0.1) is 0 Å². The molecule has 1 saturated heterocycles. The minimum Gasteiger partial charge on any atom is -0.379 e. The molecular weight excluding hydrogens is 452 g/mol. The van der Waals surface area contributed by atoms with Crippen LogP contribution in [-0.4, -0.2) is 71.0 Å². The number of aryl methyl sites for hydroxylation is 1. The van der Waals surface area contributed by atoms with Crippen molar-refractivity contribution in [3.05, 3.63) is 57.1 Å². The predicted octanol–water partition coefficient (Wildman–Crippen LogP) is -0.817. The van der Waals surface area contributed by atoms with Gasteiger partial charge in [0, 0.05) is 45.2 Å². The fraction of sp³-hybridized carbons (Fsp3) is 0.400. The van der Waals surface area contributed by atoms with Gasteiger partial charge in [0.2, 0.25) is 15.9 Å². The number of nitrogens with one attached hydrogen (secondary N) is 3. The van der Waals surface area contributed by atoms with Crippen LogP contribution in [0.2, 0.25) is 0 Å². The molecular formula is C20H24N6O6S. The maximum atomic E-state index is 12.8. The highest BCUT2D eigenvalue weighted by Crippen LogP contribution is 2.13. The molecule has 3 N–H and O–H groups in total. The average Bonchev–Trinajstić information content (AvgIpc) is 3.22. The van der Waals surface area contributed by atoms with Gasteiger partial charge in [-0.2, -0.15) is 4.31 Å². The van der Waals surface area contributed by atoms with Gasteiger partial charge in [0.25, 0.3) is 5.56 Å². The zero-order chi connectivity index (χ0) is 23.4. The number of carbonyl (C=O) groups is 1. The number of benzene rings is 1. The van der Waals surface area contributed by atoms with Gasteiger partial charge in [0.1, 0.15) is 5.82 Å². The van der Waals surface area contributed by atoms with E-state index in [1.807, 2.05) is 29.2 Å². The number of para-hydroxylation sites is 2. The number of imidazole rings is 1. The van der Waals surface area contributed by atoms with Crippen molar-refractivity contribution >= 4 is 27.0 Å². The second-order valence-corrected chi connectivity index (χ2v) is 9.42. The van der Waals surface area contributed by atoms with Gasteiger partial charge in [-0.25, -0.2) is 18.2 Å². The number of nitrogens with zero attached hydrogens (tertiary/aromatic N) is 3. The third-order valence-corrected chi connectivity index (χ3v) is 7.16. The molecule has 0 atom stereocenters. The molecule has 0 aliphatic carbocycles. The normalized spacial score (nSPS) is 15.0. The second-order valence-electron chi connectivity index (χ2n) is 7.51. The second kappa shape index (κ2) is 9.68. The van der Waals surface area contributed by atoms with Crippen molar-refractivity contribution in [2.45, 2.75) is 24.3 Å². The van der Waals surface area contributed by atoms with E-state index in [9.17, 15) is 22.8 Å². The van der Waals surface area contributed by atoms with Crippen molar-refractivity contribution in [3.8, 4) is 0 Å². The Morgan fingerprint density at radius 3 is 2.67 bits per heavy atom. The van der Waals surface area contributed by atoms with E-state index in [0.29, 0.717) is 13.0 Å². The number of carbonyl (C=O) groups excluding carboxylic acids is 1. The molecule has 0 bridgehead atoms. The predicted molar refractivity (Wildman–Crippen MR) is 118 cm³/mol. The Morgan fingerprint density at radius 2 is 1.91 bits per heavy atom. The minimum atomic E-state index is -4.09. The molecule has 176 valence electrons. The van der Waals surface area contributed by atoms with Crippen LogP contribution in [0.1, 0.15) is 12.2 Å². The van der Waals surface area contributed by atoms with Crippen molar-refractivity contribution in [1.29, 1.82) is 0 Å². The first-order valence-electron chi connectivity index (χ1n) is 10.5. The monoisotopic (exact) mass is 476 g/mol. The van der Waals surface area contributed by atoms with Crippen molar-refractivity contribution < 1.29 is 17.9 Å². The van der Waals surface area contributed by atoms with Crippen molar-refractivity contribution in [2.75, 3.05) is 32.8 Å². The minimum absolute atomic E-state index is 0.0663. The topological polar surface area (TPSA) is 159 Å². The number of rotatable bonds is 8. The summed E-state index contributed by atoms with van der Waals surface area (Å²) in [6.07, 6.45) is 1.43. The summed E-state index contributed by atoms with van der Waals surface area (Å²) in [5.41, 5.74) is -0.00718. The van der Waals surface area contributed by atoms with Crippen LogP contribution < -0.4 is 16.6 Å². The van der Waals surface area contributed by atoms with E-state index in [1.165, 1.54) is 0 Å².